The summed E-state index contributed by atoms with van der Waals surface area (Å²) in [6.45, 7) is 11.2. The molecule has 6 heteroatoms. The Kier molecular flexibility index (Phi) is 14.9. The minimum absolute atomic E-state index is 0. The maximum absolute atomic E-state index is 11.6. The maximum Gasteiger partial charge on any atom is 0.333 e. The third kappa shape index (κ3) is 8.20. The zero-order valence-corrected chi connectivity index (χ0v) is 24.4. The lowest BCUT2D eigenvalue weighted by molar-refractivity contribution is -0.140. The molecule has 0 unspecified atom stereocenters. The molecular weight excluding hydrogens is 588 g/mol. The zero-order chi connectivity index (χ0) is 30.4. The third-order valence-corrected chi connectivity index (χ3v) is 7.39. The molecule has 0 radical (unpaired) electrons. The van der Waals surface area contributed by atoms with Gasteiger partial charge in [0.1, 0.15) is 37.9 Å². The molecule has 0 heterocycles. The summed E-state index contributed by atoms with van der Waals surface area (Å²) in [7, 11) is 0. The highest BCUT2D eigenvalue weighted by Gasteiger charge is 2.45. The van der Waals surface area contributed by atoms with Crippen molar-refractivity contribution in [2.24, 2.45) is 0 Å². The van der Waals surface area contributed by atoms with Gasteiger partial charge < -0.3 is 18.9 Å². The summed E-state index contributed by atoms with van der Waals surface area (Å²) in [5.74, 6) is 0.506. The number of benzene rings is 4. The van der Waals surface area contributed by atoms with E-state index >= 15 is 0 Å². The van der Waals surface area contributed by atoms with Gasteiger partial charge in [-0.15, -0.1) is 0 Å². The molecule has 0 bridgehead atoms. The van der Waals surface area contributed by atoms with Crippen molar-refractivity contribution in [3.63, 3.8) is 0 Å². The number of hydrogen-bond donors (Lipinski definition) is 0. The first kappa shape index (κ1) is 39.9. The van der Waals surface area contributed by atoms with Crippen LogP contribution in [0, 0.1) is 0 Å². The summed E-state index contributed by atoms with van der Waals surface area (Å²) in [6, 6.07) is 33.2. The molecule has 4 aromatic carbocycles. The van der Waals surface area contributed by atoms with Gasteiger partial charge in [-0.2, -0.15) is 0 Å². The monoisotopic (exact) mass is 638 g/mol. The van der Waals surface area contributed by atoms with Crippen molar-refractivity contribution in [3.8, 4) is 22.6 Å². The molecule has 0 saturated heterocycles. The van der Waals surface area contributed by atoms with E-state index in [-0.39, 0.29) is 56.1 Å². The summed E-state index contributed by atoms with van der Waals surface area (Å²) in [5.41, 5.74) is 7.09. The molecule has 0 aromatic heterocycles. The van der Waals surface area contributed by atoms with E-state index in [9.17, 15) is 9.59 Å². The summed E-state index contributed by atoms with van der Waals surface area (Å²) in [4.78, 5) is 23.3. The normalized spacial score (nSPS) is 11.4. The number of ether oxygens (including phenoxy) is 4. The lowest BCUT2D eigenvalue weighted by Gasteiger charge is -2.34. The molecule has 47 heavy (non-hydrogen) atoms. The molecule has 0 fully saturated rings. The van der Waals surface area contributed by atoms with Crippen molar-refractivity contribution in [2.45, 2.75) is 49.0 Å². The van der Waals surface area contributed by atoms with Gasteiger partial charge in [-0.1, -0.05) is 116 Å². The Morgan fingerprint density at radius 1 is 0.532 bits per heavy atom. The van der Waals surface area contributed by atoms with Gasteiger partial charge in [0.15, 0.2) is 0 Å². The molecule has 0 aliphatic heterocycles. The Labute approximate surface area is 281 Å². The topological polar surface area (TPSA) is 71.1 Å². The van der Waals surface area contributed by atoms with E-state index in [4.69, 9.17) is 18.9 Å². The molecule has 0 N–H and O–H groups in total. The van der Waals surface area contributed by atoms with Crippen LogP contribution < -0.4 is 9.47 Å². The first-order chi connectivity index (χ1) is 20.8. The maximum atomic E-state index is 11.6. The third-order valence-electron chi connectivity index (χ3n) is 7.39. The molecule has 0 spiro atoms. The fourth-order valence-corrected chi connectivity index (χ4v) is 5.46. The molecule has 1 aliphatic carbocycles. The Bertz CT molecular complexity index is 1530. The van der Waals surface area contributed by atoms with Gasteiger partial charge in [-0.05, 0) is 71.5 Å². The minimum atomic E-state index is -0.571. The highest BCUT2D eigenvalue weighted by Crippen LogP contribution is 2.56. The van der Waals surface area contributed by atoms with Crippen molar-refractivity contribution in [1.82, 2.24) is 0 Å². The summed E-state index contributed by atoms with van der Waals surface area (Å²) < 4.78 is 22.0. The van der Waals surface area contributed by atoms with E-state index < -0.39 is 17.4 Å². The van der Waals surface area contributed by atoms with Crippen LogP contribution in [0.1, 0.15) is 65.8 Å². The van der Waals surface area contributed by atoms with Gasteiger partial charge in [-0.25, -0.2) is 9.59 Å². The first-order valence-corrected chi connectivity index (χ1v) is 14.1. The summed E-state index contributed by atoms with van der Waals surface area (Å²) >= 11 is 0. The largest absolute Gasteiger partial charge is 0.490 e. The van der Waals surface area contributed by atoms with Gasteiger partial charge in [-0.3, -0.25) is 0 Å². The van der Waals surface area contributed by atoms with Crippen molar-refractivity contribution >= 4 is 11.9 Å². The highest BCUT2D eigenvalue weighted by atomic mass is 16.6. The van der Waals surface area contributed by atoms with E-state index in [0.29, 0.717) is 22.6 Å². The molecule has 4 aromatic rings. The number of fused-ring (bicyclic) bond motifs is 3. The number of esters is 2. The molecule has 1 aliphatic rings. The van der Waals surface area contributed by atoms with Crippen molar-refractivity contribution in [1.29, 1.82) is 0 Å². The Morgan fingerprint density at radius 2 is 0.872 bits per heavy atom. The second kappa shape index (κ2) is 17.6. The van der Waals surface area contributed by atoms with Crippen LogP contribution in [0.15, 0.2) is 121 Å². The van der Waals surface area contributed by atoms with Gasteiger partial charge in [0.05, 0.1) is 5.41 Å². The molecule has 0 saturated carbocycles. The number of carbonyl (C=O) groups excluding carboxylic acids is 2. The van der Waals surface area contributed by atoms with Crippen LogP contribution in [0.3, 0.4) is 0 Å². The van der Waals surface area contributed by atoms with Gasteiger partial charge in [0, 0.05) is 11.1 Å². The molecule has 0 atom stereocenters. The minimum Gasteiger partial charge on any atom is -0.490 e. The SMILES string of the molecule is C.C.C.C.C=C(C)C(=O)OCCOc1ccc(C2(c3ccc(OCCOC(=O)C(=C)C)cc3)c3ccccc3-c3ccccc32)cc1. The second-order valence-corrected chi connectivity index (χ2v) is 10.4. The van der Waals surface area contributed by atoms with Crippen molar-refractivity contribution in [2.75, 3.05) is 26.4 Å². The summed E-state index contributed by atoms with van der Waals surface area (Å²) in [5, 5.41) is 0. The van der Waals surface area contributed by atoms with Crippen molar-refractivity contribution in [3.05, 3.63) is 144 Å². The smallest absolute Gasteiger partial charge is 0.333 e. The second-order valence-electron chi connectivity index (χ2n) is 10.4. The first-order valence-electron chi connectivity index (χ1n) is 14.1. The number of carbonyl (C=O) groups is 2. The predicted octanol–water partition coefficient (Wildman–Crippen LogP) is 9.59. The van der Waals surface area contributed by atoms with Gasteiger partial charge in [0.25, 0.3) is 0 Å². The van der Waals surface area contributed by atoms with E-state index in [1.165, 1.54) is 22.3 Å². The quantitative estimate of drug-likeness (QED) is 0.0770. The van der Waals surface area contributed by atoms with Crippen LogP contribution in [-0.4, -0.2) is 38.4 Å². The lowest BCUT2D eigenvalue weighted by atomic mass is 9.68. The van der Waals surface area contributed by atoms with Gasteiger partial charge >= 0.3 is 11.9 Å². The fourth-order valence-electron chi connectivity index (χ4n) is 5.46. The van der Waals surface area contributed by atoms with Crippen LogP contribution in [0.4, 0.5) is 0 Å². The van der Waals surface area contributed by atoms with Crippen LogP contribution in [-0.2, 0) is 24.5 Å². The van der Waals surface area contributed by atoms with E-state index in [1.807, 2.05) is 24.3 Å². The van der Waals surface area contributed by atoms with Crippen LogP contribution in [0.2, 0.25) is 0 Å². The zero-order valence-electron chi connectivity index (χ0n) is 24.4. The Morgan fingerprint density at radius 3 is 1.21 bits per heavy atom. The molecule has 0 amide bonds. The van der Waals surface area contributed by atoms with Crippen LogP contribution in [0.5, 0.6) is 11.5 Å². The number of hydrogen-bond acceptors (Lipinski definition) is 6. The molecule has 6 nitrogen and oxygen atoms in total. The van der Waals surface area contributed by atoms with E-state index in [1.54, 1.807) is 13.8 Å². The molecular formula is C41H50O6. The lowest BCUT2D eigenvalue weighted by Crippen LogP contribution is -2.28. The average Bonchev–Trinajstić information content (AvgIpc) is 3.33. The van der Waals surface area contributed by atoms with E-state index in [0.717, 1.165) is 11.1 Å². The standard InChI is InChI=1S/C37H34O6.4CH4/c1-25(2)35(38)42-23-21-40-29-17-13-27(14-18-29)37(33-11-7-5-9-31(33)32-10-6-8-12-34(32)37)28-15-19-30(20-16-28)41-22-24-43-36(39)26(3)4;;;;/h5-20H,1,3,21-24H2,2,4H3;4*1H4. The average molecular weight is 639 g/mol. The summed E-state index contributed by atoms with van der Waals surface area (Å²) in [6.07, 6.45) is 0. The fraction of sp³-hybridized carbons (Fsp3) is 0.268. The van der Waals surface area contributed by atoms with Gasteiger partial charge in [0.2, 0.25) is 0 Å². The van der Waals surface area contributed by atoms with Crippen LogP contribution >= 0.6 is 0 Å². The predicted molar refractivity (Wildman–Crippen MR) is 193 cm³/mol. The van der Waals surface area contributed by atoms with E-state index in [2.05, 4.69) is 86.0 Å². The Hall–Kier alpha value is -5.10. The molecule has 250 valence electrons. The Balaban J connectivity index is 0.00000276. The van der Waals surface area contributed by atoms with Crippen LogP contribution in [0.25, 0.3) is 11.1 Å². The van der Waals surface area contributed by atoms with Crippen molar-refractivity contribution < 1.29 is 28.5 Å². The molecule has 5 rings (SSSR count). The number of rotatable bonds is 12. The highest BCUT2D eigenvalue weighted by molar-refractivity contribution is 5.87.